The van der Waals surface area contributed by atoms with Crippen molar-refractivity contribution in [2.45, 2.75) is 78.1 Å². The summed E-state index contributed by atoms with van der Waals surface area (Å²) in [6, 6.07) is 4.49. The van der Waals surface area contributed by atoms with E-state index in [1.807, 2.05) is 0 Å². The van der Waals surface area contributed by atoms with Gasteiger partial charge in [-0.2, -0.15) is 0 Å². The van der Waals surface area contributed by atoms with Crippen molar-refractivity contribution < 1.29 is 4.79 Å². The first-order chi connectivity index (χ1) is 9.27. The Labute approximate surface area is 123 Å². The molecule has 0 aliphatic heterocycles. The summed E-state index contributed by atoms with van der Waals surface area (Å²) in [5, 5.41) is 0. The number of carbonyl (C=O) groups excluding carboxylic acids is 1. The van der Waals surface area contributed by atoms with Gasteiger partial charge in [-0.15, -0.1) is 0 Å². The molecule has 1 aliphatic rings. The Morgan fingerprint density at radius 2 is 1.50 bits per heavy atom. The van der Waals surface area contributed by atoms with Crippen LogP contribution in [0, 0.1) is 6.92 Å². The van der Waals surface area contributed by atoms with Crippen LogP contribution in [0.5, 0.6) is 0 Å². The number of rotatable bonds is 3. The topological polar surface area (TPSA) is 17.1 Å². The van der Waals surface area contributed by atoms with Crippen molar-refractivity contribution >= 4 is 5.78 Å². The Bertz CT molecular complexity index is 543. The van der Waals surface area contributed by atoms with Gasteiger partial charge in [0, 0.05) is 5.56 Å². The molecule has 0 fully saturated rings. The number of fused-ring (bicyclic) bond motifs is 1. The number of hydrogen-bond donors (Lipinski definition) is 0. The van der Waals surface area contributed by atoms with E-state index in [4.69, 9.17) is 0 Å². The van der Waals surface area contributed by atoms with Crippen LogP contribution < -0.4 is 0 Å². The van der Waals surface area contributed by atoms with Gasteiger partial charge < -0.3 is 0 Å². The summed E-state index contributed by atoms with van der Waals surface area (Å²) in [5.41, 5.74) is 5.44. The number of benzene rings is 1. The third-order valence-electron chi connectivity index (χ3n) is 5.83. The molecule has 20 heavy (non-hydrogen) atoms. The first-order valence-electron chi connectivity index (χ1n) is 7.94. The zero-order valence-corrected chi connectivity index (χ0v) is 13.9. The predicted molar refractivity (Wildman–Crippen MR) is 85.7 cm³/mol. The highest BCUT2D eigenvalue weighted by atomic mass is 16.1. The molecular weight excluding hydrogens is 244 g/mol. The van der Waals surface area contributed by atoms with Crippen LogP contribution in [0.1, 0.15) is 87.4 Å². The fraction of sp³-hybridized carbons (Fsp3) is 0.632. The Kier molecular flexibility index (Phi) is 3.83. The van der Waals surface area contributed by atoms with Gasteiger partial charge in [0.1, 0.15) is 0 Å². The summed E-state index contributed by atoms with van der Waals surface area (Å²) in [5.74, 6) is 0.188. The molecule has 0 saturated heterocycles. The highest BCUT2D eigenvalue weighted by Gasteiger charge is 2.40. The first-order valence-corrected chi connectivity index (χ1v) is 7.94. The van der Waals surface area contributed by atoms with Gasteiger partial charge in [0.25, 0.3) is 0 Å². The Morgan fingerprint density at radius 1 is 1.05 bits per heavy atom. The zero-order valence-electron chi connectivity index (χ0n) is 13.9. The van der Waals surface area contributed by atoms with Crippen LogP contribution in [0.2, 0.25) is 0 Å². The maximum atomic E-state index is 11.9. The molecule has 0 spiro atoms. The summed E-state index contributed by atoms with van der Waals surface area (Å²) >= 11 is 0. The van der Waals surface area contributed by atoms with Crippen molar-refractivity contribution in [2.24, 2.45) is 0 Å². The number of hydrogen-bond acceptors (Lipinski definition) is 1. The van der Waals surface area contributed by atoms with Crippen molar-refractivity contribution in [2.75, 3.05) is 0 Å². The Hall–Kier alpha value is -1.11. The average Bonchev–Trinajstić information content (AvgIpc) is 2.42. The van der Waals surface area contributed by atoms with Crippen LogP contribution in [0.25, 0.3) is 0 Å². The van der Waals surface area contributed by atoms with Crippen LogP contribution in [-0.4, -0.2) is 5.78 Å². The second-order valence-corrected chi connectivity index (χ2v) is 7.10. The molecule has 0 amide bonds. The van der Waals surface area contributed by atoms with E-state index in [1.165, 1.54) is 30.4 Å². The van der Waals surface area contributed by atoms with Crippen molar-refractivity contribution in [3.8, 4) is 0 Å². The van der Waals surface area contributed by atoms with Crippen LogP contribution in [0.15, 0.2) is 12.1 Å². The van der Waals surface area contributed by atoms with E-state index in [1.54, 1.807) is 6.92 Å². The SMILES string of the molecule is CC[C@@]1(C)CC[C@](C)(CC)c2cc(C(C)=O)c(C)cc21. The molecule has 1 heteroatoms. The van der Waals surface area contributed by atoms with Gasteiger partial charge in [0.15, 0.2) is 5.78 Å². The van der Waals surface area contributed by atoms with Gasteiger partial charge in [-0.05, 0) is 73.1 Å². The third-order valence-corrected chi connectivity index (χ3v) is 5.83. The highest BCUT2D eigenvalue weighted by Crippen LogP contribution is 2.49. The molecule has 0 radical (unpaired) electrons. The van der Waals surface area contributed by atoms with Crippen molar-refractivity contribution in [1.29, 1.82) is 0 Å². The standard InChI is InChI=1S/C19H28O/c1-7-18(5)9-10-19(6,8-2)17-12-15(14(4)20)13(3)11-16(17)18/h11-12H,7-10H2,1-6H3/t18-,19-/m0/s1. The Morgan fingerprint density at radius 3 is 1.90 bits per heavy atom. The molecule has 1 aliphatic carbocycles. The molecule has 1 aromatic rings. The molecule has 1 nitrogen and oxygen atoms in total. The summed E-state index contributed by atoms with van der Waals surface area (Å²) in [6.45, 7) is 13.1. The lowest BCUT2D eigenvalue weighted by Gasteiger charge is -2.45. The predicted octanol–water partition coefficient (Wildman–Crippen LogP) is 5.33. The van der Waals surface area contributed by atoms with Crippen molar-refractivity contribution in [3.05, 3.63) is 34.4 Å². The van der Waals surface area contributed by atoms with E-state index in [2.05, 4.69) is 46.8 Å². The maximum absolute atomic E-state index is 11.9. The van der Waals surface area contributed by atoms with E-state index in [0.29, 0.717) is 0 Å². The fourth-order valence-corrected chi connectivity index (χ4v) is 3.64. The quantitative estimate of drug-likeness (QED) is 0.680. The van der Waals surface area contributed by atoms with Crippen LogP contribution >= 0.6 is 0 Å². The molecule has 2 rings (SSSR count). The summed E-state index contributed by atoms with van der Waals surface area (Å²) < 4.78 is 0. The van der Waals surface area contributed by atoms with Gasteiger partial charge in [-0.25, -0.2) is 0 Å². The zero-order chi connectivity index (χ0) is 15.1. The molecular formula is C19H28O. The molecule has 0 unspecified atom stereocenters. The molecule has 110 valence electrons. The van der Waals surface area contributed by atoms with E-state index in [0.717, 1.165) is 17.5 Å². The Balaban J connectivity index is 2.73. The average molecular weight is 272 g/mol. The van der Waals surface area contributed by atoms with Gasteiger partial charge in [0.05, 0.1) is 0 Å². The number of carbonyl (C=O) groups is 1. The minimum absolute atomic E-state index is 0.188. The monoisotopic (exact) mass is 272 g/mol. The molecule has 2 atom stereocenters. The van der Waals surface area contributed by atoms with Crippen LogP contribution in [0.3, 0.4) is 0 Å². The molecule has 0 bridgehead atoms. The summed E-state index contributed by atoms with van der Waals surface area (Å²) in [7, 11) is 0. The third kappa shape index (κ3) is 2.21. The number of aryl methyl sites for hydroxylation is 1. The van der Waals surface area contributed by atoms with Gasteiger partial charge >= 0.3 is 0 Å². The number of ketones is 1. The van der Waals surface area contributed by atoms with Gasteiger partial charge in [0.2, 0.25) is 0 Å². The minimum atomic E-state index is 0.188. The first kappa shape index (κ1) is 15.3. The van der Waals surface area contributed by atoms with E-state index in [9.17, 15) is 4.79 Å². The highest BCUT2D eigenvalue weighted by molar-refractivity contribution is 5.96. The number of Topliss-reactive ketones (excluding diaryl/α,β-unsaturated/α-hetero) is 1. The van der Waals surface area contributed by atoms with E-state index < -0.39 is 0 Å². The summed E-state index contributed by atoms with van der Waals surface area (Å²) in [4.78, 5) is 11.9. The molecule has 0 saturated carbocycles. The van der Waals surface area contributed by atoms with Crippen LogP contribution in [-0.2, 0) is 10.8 Å². The lowest BCUT2D eigenvalue weighted by Crippen LogP contribution is -2.37. The van der Waals surface area contributed by atoms with E-state index in [-0.39, 0.29) is 16.6 Å². The van der Waals surface area contributed by atoms with E-state index >= 15 is 0 Å². The summed E-state index contributed by atoms with van der Waals surface area (Å²) in [6.07, 6.45) is 4.78. The second kappa shape index (κ2) is 5.02. The lowest BCUT2D eigenvalue weighted by molar-refractivity contribution is 0.101. The molecule has 0 heterocycles. The van der Waals surface area contributed by atoms with Gasteiger partial charge in [-0.3, -0.25) is 4.79 Å². The lowest BCUT2D eigenvalue weighted by atomic mass is 9.59. The van der Waals surface area contributed by atoms with Crippen molar-refractivity contribution in [1.82, 2.24) is 0 Å². The molecule has 0 aromatic heterocycles. The van der Waals surface area contributed by atoms with Crippen LogP contribution in [0.4, 0.5) is 0 Å². The smallest absolute Gasteiger partial charge is 0.160 e. The van der Waals surface area contributed by atoms with Crippen molar-refractivity contribution in [3.63, 3.8) is 0 Å². The second-order valence-electron chi connectivity index (χ2n) is 7.10. The van der Waals surface area contributed by atoms with Gasteiger partial charge in [-0.1, -0.05) is 33.8 Å². The largest absolute Gasteiger partial charge is 0.295 e. The molecule has 1 aromatic carbocycles. The fourth-order valence-electron chi connectivity index (χ4n) is 3.64. The molecule has 0 N–H and O–H groups in total. The minimum Gasteiger partial charge on any atom is -0.295 e. The normalized spacial score (nSPS) is 29.1. The maximum Gasteiger partial charge on any atom is 0.160 e.